The van der Waals surface area contributed by atoms with E-state index in [1.807, 2.05) is 0 Å². The van der Waals surface area contributed by atoms with Crippen molar-refractivity contribution in [2.45, 2.75) is 0 Å². The Morgan fingerprint density at radius 1 is 1.86 bits per heavy atom. The minimum absolute atomic E-state index is 0.0573. The van der Waals surface area contributed by atoms with E-state index in [2.05, 4.69) is 25.9 Å². The Kier molecular flexibility index (Phi) is 0.800. The fourth-order valence-corrected chi connectivity index (χ4v) is 0.401. The van der Waals surface area contributed by atoms with Gasteiger partial charge >= 0.3 is 0 Å². The van der Waals surface area contributed by atoms with E-state index in [0.29, 0.717) is 4.60 Å². The topological polar surface area (TPSA) is 25.8 Å². The fourth-order valence-electron chi connectivity index (χ4n) is 0.219. The molecule has 0 amide bonds. The van der Waals surface area contributed by atoms with Crippen LogP contribution in [0.4, 0.5) is 0 Å². The van der Waals surface area contributed by atoms with Crippen molar-refractivity contribution in [3.8, 4) is 0 Å². The van der Waals surface area contributed by atoms with Crippen LogP contribution in [0.15, 0.2) is 23.1 Å². The lowest BCUT2D eigenvalue weighted by atomic mass is 10.7. The highest BCUT2D eigenvalue weighted by Crippen LogP contribution is 1.98. The normalized spacial score (nSPS) is 12.7. The third-order valence-corrected chi connectivity index (χ3v) is 0.861. The standard InChI is InChI=1S/C4H3BrN2/c5-4-1-2-6-3-7-4/h1-3H/i2D,3D. The Morgan fingerprint density at radius 3 is 3.29 bits per heavy atom. The van der Waals surface area contributed by atoms with Crippen LogP contribution in [-0.2, 0) is 0 Å². The number of hydrogen-bond donors (Lipinski definition) is 0. The molecule has 1 rings (SSSR count). The summed E-state index contributed by atoms with van der Waals surface area (Å²) in [6.45, 7) is 0. The van der Waals surface area contributed by atoms with Crippen LogP contribution in [0.25, 0.3) is 0 Å². The van der Waals surface area contributed by atoms with Crippen molar-refractivity contribution in [3.63, 3.8) is 0 Å². The summed E-state index contributed by atoms with van der Waals surface area (Å²) in [7, 11) is 0. The molecule has 0 spiro atoms. The van der Waals surface area contributed by atoms with Crippen LogP contribution in [-0.4, -0.2) is 9.97 Å². The molecule has 36 valence electrons. The summed E-state index contributed by atoms with van der Waals surface area (Å²) in [5.41, 5.74) is 0. The predicted octanol–water partition coefficient (Wildman–Crippen LogP) is 1.24. The molecule has 7 heavy (non-hydrogen) atoms. The molecule has 0 radical (unpaired) electrons. The van der Waals surface area contributed by atoms with Gasteiger partial charge in [0.05, 0.1) is 1.37 Å². The van der Waals surface area contributed by atoms with Crippen molar-refractivity contribution < 1.29 is 2.74 Å². The van der Waals surface area contributed by atoms with E-state index in [0.717, 1.165) is 0 Å². The molecule has 0 aliphatic carbocycles. The fraction of sp³-hybridized carbons (Fsp3) is 0. The third kappa shape index (κ3) is 1.23. The number of halogens is 1. The van der Waals surface area contributed by atoms with Crippen LogP contribution in [0.1, 0.15) is 2.74 Å². The highest BCUT2D eigenvalue weighted by molar-refractivity contribution is 9.10. The zero-order valence-electron chi connectivity index (χ0n) is 5.35. The average Bonchev–Trinajstić information content (AvgIpc) is 1.59. The van der Waals surface area contributed by atoms with Crippen LogP contribution in [0.5, 0.6) is 0 Å². The quantitative estimate of drug-likeness (QED) is 0.535. The van der Waals surface area contributed by atoms with Crippen molar-refractivity contribution >= 4 is 15.9 Å². The van der Waals surface area contributed by atoms with Crippen molar-refractivity contribution in [2.24, 2.45) is 0 Å². The van der Waals surface area contributed by atoms with E-state index >= 15 is 0 Å². The summed E-state index contributed by atoms with van der Waals surface area (Å²) in [6, 6.07) is 1.43. The zero-order chi connectivity index (χ0) is 6.85. The largest absolute Gasteiger partial charge is 0.245 e. The van der Waals surface area contributed by atoms with Gasteiger partial charge in [-0.25, -0.2) is 9.97 Å². The first kappa shape index (κ1) is 2.77. The van der Waals surface area contributed by atoms with Crippen LogP contribution < -0.4 is 0 Å². The van der Waals surface area contributed by atoms with Crippen molar-refractivity contribution in [1.82, 2.24) is 9.97 Å². The second kappa shape index (κ2) is 2.02. The second-order valence-electron chi connectivity index (χ2n) is 0.920. The van der Waals surface area contributed by atoms with Gasteiger partial charge in [0, 0.05) is 6.17 Å². The van der Waals surface area contributed by atoms with Gasteiger partial charge in [0.25, 0.3) is 0 Å². The molecule has 0 aliphatic heterocycles. The maximum Gasteiger partial charge on any atom is 0.116 e. The highest BCUT2D eigenvalue weighted by Gasteiger charge is 1.76. The van der Waals surface area contributed by atoms with Gasteiger partial charge < -0.3 is 0 Å². The summed E-state index contributed by atoms with van der Waals surface area (Å²) < 4.78 is 14.4. The molecule has 0 saturated heterocycles. The monoisotopic (exact) mass is 160 g/mol. The Labute approximate surface area is 52.5 Å². The maximum absolute atomic E-state index is 6.98. The van der Waals surface area contributed by atoms with E-state index in [1.54, 1.807) is 0 Å². The van der Waals surface area contributed by atoms with Gasteiger partial charge in [0.2, 0.25) is 0 Å². The molecule has 1 heterocycles. The SMILES string of the molecule is [2H]c1cc(Br)nc([2H])n1. The molecule has 0 aliphatic rings. The number of nitrogens with zero attached hydrogens (tertiary/aromatic N) is 2. The molecule has 0 unspecified atom stereocenters. The summed E-state index contributed by atoms with van der Waals surface area (Å²) in [6.07, 6.45) is -0.0729. The molecule has 0 bridgehead atoms. The molecule has 3 heteroatoms. The lowest BCUT2D eigenvalue weighted by molar-refractivity contribution is 1.14. The van der Waals surface area contributed by atoms with Crippen LogP contribution >= 0.6 is 15.9 Å². The van der Waals surface area contributed by atoms with Crippen LogP contribution in [0.2, 0.25) is 0 Å². The minimum Gasteiger partial charge on any atom is -0.245 e. The molecular formula is C4H3BrN2. The van der Waals surface area contributed by atoms with E-state index in [-0.39, 0.29) is 12.5 Å². The molecule has 0 fully saturated rings. The van der Waals surface area contributed by atoms with Gasteiger partial charge in [-0.3, -0.25) is 0 Å². The first-order chi connectivity index (χ1) is 4.18. The Balaban J connectivity index is 3.17. The van der Waals surface area contributed by atoms with Crippen LogP contribution in [0, 0.1) is 0 Å². The smallest absolute Gasteiger partial charge is 0.116 e. The van der Waals surface area contributed by atoms with Gasteiger partial charge in [-0.05, 0) is 22.0 Å². The zero-order valence-corrected chi connectivity index (χ0v) is 4.94. The Morgan fingerprint density at radius 2 is 2.71 bits per heavy atom. The molecule has 1 aromatic heterocycles. The van der Waals surface area contributed by atoms with Crippen LogP contribution in [0.3, 0.4) is 0 Å². The van der Waals surface area contributed by atoms with Gasteiger partial charge in [0.15, 0.2) is 0 Å². The molecule has 0 N–H and O–H groups in total. The lowest BCUT2D eigenvalue weighted by Crippen LogP contribution is -1.72. The summed E-state index contributed by atoms with van der Waals surface area (Å²) in [4.78, 5) is 7.01. The molecule has 0 saturated carbocycles. The van der Waals surface area contributed by atoms with Crippen molar-refractivity contribution in [3.05, 3.63) is 23.1 Å². The summed E-state index contributed by atoms with van der Waals surface area (Å²) in [5, 5.41) is 0. The van der Waals surface area contributed by atoms with Gasteiger partial charge in [0.1, 0.15) is 12.3 Å². The lowest BCUT2D eigenvalue weighted by Gasteiger charge is -1.79. The van der Waals surface area contributed by atoms with Gasteiger partial charge in [-0.15, -0.1) is 0 Å². The predicted molar refractivity (Wildman–Crippen MR) is 29.7 cm³/mol. The molecule has 1 aromatic rings. The third-order valence-electron chi connectivity index (χ3n) is 0.455. The van der Waals surface area contributed by atoms with E-state index in [9.17, 15) is 0 Å². The van der Waals surface area contributed by atoms with E-state index < -0.39 is 0 Å². The molecule has 0 aromatic carbocycles. The second-order valence-corrected chi connectivity index (χ2v) is 1.73. The Hall–Kier alpha value is -0.440. The minimum atomic E-state index is -0.130. The number of rotatable bonds is 0. The highest BCUT2D eigenvalue weighted by atomic mass is 79.9. The summed E-state index contributed by atoms with van der Waals surface area (Å²) in [5.74, 6) is 0. The molecule has 2 nitrogen and oxygen atoms in total. The average molecular weight is 161 g/mol. The van der Waals surface area contributed by atoms with Gasteiger partial charge in [-0.1, -0.05) is 0 Å². The Bertz CT molecular complexity index is 177. The van der Waals surface area contributed by atoms with Crippen molar-refractivity contribution in [1.29, 1.82) is 0 Å². The molecular weight excluding hydrogens is 156 g/mol. The number of aromatic nitrogens is 2. The first-order valence-corrected chi connectivity index (χ1v) is 2.45. The molecule has 0 atom stereocenters. The van der Waals surface area contributed by atoms with E-state index in [1.165, 1.54) is 6.07 Å². The first-order valence-electron chi connectivity index (χ1n) is 2.66. The van der Waals surface area contributed by atoms with Gasteiger partial charge in [-0.2, -0.15) is 0 Å². The number of hydrogen-bond acceptors (Lipinski definition) is 2. The van der Waals surface area contributed by atoms with E-state index in [4.69, 9.17) is 2.74 Å². The van der Waals surface area contributed by atoms with Crippen molar-refractivity contribution in [2.75, 3.05) is 0 Å². The summed E-state index contributed by atoms with van der Waals surface area (Å²) >= 11 is 3.02. The maximum atomic E-state index is 6.98.